The van der Waals surface area contributed by atoms with Gasteiger partial charge in [-0.25, -0.2) is 0 Å². The molecule has 268 valence electrons. The maximum absolute atomic E-state index is 6.77. The molecule has 0 aliphatic heterocycles. The predicted octanol–water partition coefficient (Wildman–Crippen LogP) is 15.2. The summed E-state index contributed by atoms with van der Waals surface area (Å²) in [6.07, 6.45) is 0. The first kappa shape index (κ1) is 32.8. The average Bonchev–Trinajstić information content (AvgIpc) is 3.84. The van der Waals surface area contributed by atoms with Crippen molar-refractivity contribution < 1.29 is 4.42 Å². The van der Waals surface area contributed by atoms with E-state index in [2.05, 4.69) is 228 Å². The van der Waals surface area contributed by atoms with Gasteiger partial charge in [0.15, 0.2) is 0 Å². The first-order chi connectivity index (χ1) is 28.3. The molecule has 0 spiro atoms. The van der Waals surface area contributed by atoms with Crippen LogP contribution in [0.1, 0.15) is 0 Å². The molecule has 0 amide bonds. The molecular weight excluding hydrogens is 693 g/mol. The highest BCUT2D eigenvalue weighted by molar-refractivity contribution is 6.30. The molecule has 0 aliphatic rings. The van der Waals surface area contributed by atoms with E-state index in [1.807, 2.05) is 0 Å². The van der Waals surface area contributed by atoms with Gasteiger partial charge < -0.3 is 13.9 Å². The summed E-state index contributed by atoms with van der Waals surface area (Å²) in [6, 6.07) is 78.0. The van der Waals surface area contributed by atoms with Gasteiger partial charge in [-0.3, -0.25) is 0 Å². The van der Waals surface area contributed by atoms with Gasteiger partial charge in [0.2, 0.25) is 0 Å². The van der Waals surface area contributed by atoms with Crippen molar-refractivity contribution in [1.29, 1.82) is 0 Å². The van der Waals surface area contributed by atoms with Gasteiger partial charge in [-0.15, -0.1) is 0 Å². The lowest BCUT2D eigenvalue weighted by atomic mass is 10.0. The number of rotatable bonds is 7. The second-order valence-electron chi connectivity index (χ2n) is 14.5. The van der Waals surface area contributed by atoms with E-state index in [1.165, 1.54) is 44.2 Å². The average molecular weight is 729 g/mol. The van der Waals surface area contributed by atoms with Gasteiger partial charge >= 0.3 is 0 Å². The third kappa shape index (κ3) is 5.60. The van der Waals surface area contributed by atoms with Gasteiger partial charge in [0.1, 0.15) is 11.2 Å². The quantitative estimate of drug-likeness (QED) is 0.163. The lowest BCUT2D eigenvalue weighted by Gasteiger charge is -2.27. The highest BCUT2D eigenvalue weighted by atomic mass is 16.3. The Bertz CT molecular complexity index is 3100. The van der Waals surface area contributed by atoms with Crippen LogP contribution in [-0.2, 0) is 0 Å². The van der Waals surface area contributed by atoms with E-state index >= 15 is 0 Å². The normalized spacial score (nSPS) is 11.5. The van der Waals surface area contributed by atoms with Crippen molar-refractivity contribution in [3.05, 3.63) is 218 Å². The number of benzene rings is 9. The number of anilines is 3. The molecule has 0 radical (unpaired) electrons. The zero-order chi connectivity index (χ0) is 37.7. The molecule has 0 unspecified atom stereocenters. The minimum atomic E-state index is 0.854. The highest BCUT2D eigenvalue weighted by Crippen LogP contribution is 2.49. The molecule has 2 heterocycles. The molecule has 0 N–H and O–H groups in total. The highest BCUT2D eigenvalue weighted by Gasteiger charge is 2.26. The van der Waals surface area contributed by atoms with Gasteiger partial charge in [0.25, 0.3) is 0 Å². The van der Waals surface area contributed by atoms with Crippen molar-refractivity contribution in [2.75, 3.05) is 4.90 Å². The topological polar surface area (TPSA) is 21.3 Å². The second kappa shape index (κ2) is 13.6. The van der Waals surface area contributed by atoms with Gasteiger partial charge in [-0.05, 0) is 81.9 Å². The summed E-state index contributed by atoms with van der Waals surface area (Å²) in [4.78, 5) is 2.40. The largest absolute Gasteiger partial charge is 0.456 e. The molecule has 0 saturated carbocycles. The maximum Gasteiger partial charge on any atom is 0.138 e. The molecule has 0 aliphatic carbocycles. The van der Waals surface area contributed by atoms with Crippen LogP contribution in [0.3, 0.4) is 0 Å². The number of nitrogens with zero attached hydrogens (tertiary/aromatic N) is 2. The van der Waals surface area contributed by atoms with Crippen LogP contribution < -0.4 is 4.90 Å². The number of para-hydroxylation sites is 2. The third-order valence-corrected chi connectivity index (χ3v) is 11.2. The summed E-state index contributed by atoms with van der Waals surface area (Å²) in [7, 11) is 0. The van der Waals surface area contributed by atoms with Gasteiger partial charge in [-0.2, -0.15) is 0 Å². The number of hydrogen-bond acceptors (Lipinski definition) is 2. The zero-order valence-electron chi connectivity index (χ0n) is 31.1. The minimum absolute atomic E-state index is 0.854. The Hall–Kier alpha value is -7.62. The fourth-order valence-corrected chi connectivity index (χ4v) is 8.52. The second-order valence-corrected chi connectivity index (χ2v) is 14.5. The third-order valence-electron chi connectivity index (χ3n) is 11.2. The molecule has 3 nitrogen and oxygen atoms in total. The summed E-state index contributed by atoms with van der Waals surface area (Å²) in [5.74, 6) is 0. The van der Waals surface area contributed by atoms with Crippen LogP contribution in [0, 0.1) is 0 Å². The van der Waals surface area contributed by atoms with Gasteiger partial charge in [0.05, 0.1) is 16.7 Å². The molecule has 2 aromatic heterocycles. The summed E-state index contributed by atoms with van der Waals surface area (Å²) in [6.45, 7) is 0. The van der Waals surface area contributed by atoms with Crippen LogP contribution in [0.4, 0.5) is 17.1 Å². The Morgan fingerprint density at radius 2 is 0.789 bits per heavy atom. The van der Waals surface area contributed by atoms with Crippen molar-refractivity contribution in [3.63, 3.8) is 0 Å². The Morgan fingerprint density at radius 1 is 0.351 bits per heavy atom. The van der Waals surface area contributed by atoms with Crippen molar-refractivity contribution in [2.24, 2.45) is 0 Å². The van der Waals surface area contributed by atoms with E-state index in [1.54, 1.807) is 0 Å². The van der Waals surface area contributed by atoms with Crippen LogP contribution in [0.5, 0.6) is 0 Å². The van der Waals surface area contributed by atoms with Crippen molar-refractivity contribution in [1.82, 2.24) is 4.57 Å². The van der Waals surface area contributed by atoms with Crippen LogP contribution in [0.2, 0.25) is 0 Å². The van der Waals surface area contributed by atoms with Crippen LogP contribution in [-0.4, -0.2) is 4.57 Å². The fourth-order valence-electron chi connectivity index (χ4n) is 8.52. The van der Waals surface area contributed by atoms with E-state index in [9.17, 15) is 0 Å². The lowest BCUT2D eigenvalue weighted by Crippen LogP contribution is -2.12. The van der Waals surface area contributed by atoms with Gasteiger partial charge in [-0.1, -0.05) is 164 Å². The maximum atomic E-state index is 6.77. The number of aromatic nitrogens is 1. The predicted molar refractivity (Wildman–Crippen MR) is 239 cm³/mol. The van der Waals surface area contributed by atoms with Crippen molar-refractivity contribution in [2.45, 2.75) is 0 Å². The fraction of sp³-hybridized carbons (Fsp3) is 0. The monoisotopic (exact) mass is 728 g/mol. The molecule has 57 heavy (non-hydrogen) atoms. The van der Waals surface area contributed by atoms with E-state index < -0.39 is 0 Å². The SMILES string of the molecule is c1ccc(-c2ccc(N(c3ccc(-c4ccccc4)cc3)c3cc4oc5ccccc5c4c4c5ccccc5n(-c5ccc(-c6ccccc6)cc5)c34)cc2)cc1. The Labute approximate surface area is 330 Å². The first-order valence-electron chi connectivity index (χ1n) is 19.4. The summed E-state index contributed by atoms with van der Waals surface area (Å²) in [5.41, 5.74) is 15.3. The van der Waals surface area contributed by atoms with Crippen LogP contribution >= 0.6 is 0 Å². The van der Waals surface area contributed by atoms with E-state index in [0.29, 0.717) is 0 Å². The number of fused-ring (bicyclic) bond motifs is 7. The molecule has 0 atom stereocenters. The standard InChI is InChI=1S/C54H36N2O/c1-4-14-37(15-5-1)40-24-30-43(31-25-40)55(44-32-26-41(27-33-44)38-16-6-2-7-17-38)49-36-51-52(47-21-11-13-23-50(47)57-51)53-46-20-10-12-22-48(46)56(54(49)53)45-34-28-42(29-35-45)39-18-8-3-9-19-39/h1-36H. The number of furan rings is 1. The molecular formula is C54H36N2O. The van der Waals surface area contributed by atoms with E-state index in [-0.39, 0.29) is 0 Å². The molecule has 11 rings (SSSR count). The number of hydrogen-bond donors (Lipinski definition) is 0. The van der Waals surface area contributed by atoms with Crippen molar-refractivity contribution in [3.8, 4) is 39.1 Å². The molecule has 3 heteroatoms. The Morgan fingerprint density at radius 3 is 1.33 bits per heavy atom. The Balaban J connectivity index is 1.22. The molecule has 0 saturated heterocycles. The summed E-state index contributed by atoms with van der Waals surface area (Å²) < 4.78 is 9.21. The summed E-state index contributed by atoms with van der Waals surface area (Å²) >= 11 is 0. The summed E-state index contributed by atoms with van der Waals surface area (Å²) in [5, 5.41) is 4.58. The molecule has 0 bridgehead atoms. The van der Waals surface area contributed by atoms with E-state index in [4.69, 9.17) is 4.42 Å². The van der Waals surface area contributed by atoms with Crippen LogP contribution in [0.25, 0.3) is 82.8 Å². The zero-order valence-corrected chi connectivity index (χ0v) is 31.1. The van der Waals surface area contributed by atoms with Crippen molar-refractivity contribution >= 4 is 60.8 Å². The molecule has 9 aromatic carbocycles. The Kier molecular flexibility index (Phi) is 7.82. The van der Waals surface area contributed by atoms with Crippen LogP contribution in [0.15, 0.2) is 223 Å². The molecule has 0 fully saturated rings. The lowest BCUT2D eigenvalue weighted by molar-refractivity contribution is 0.669. The first-order valence-corrected chi connectivity index (χ1v) is 19.4. The van der Waals surface area contributed by atoms with E-state index in [0.717, 1.165) is 55.7 Å². The molecule has 11 aromatic rings. The van der Waals surface area contributed by atoms with Gasteiger partial charge in [0, 0.05) is 44.7 Å². The smallest absolute Gasteiger partial charge is 0.138 e. The minimum Gasteiger partial charge on any atom is -0.456 e.